The molecule has 2 heterocycles. The van der Waals surface area contributed by atoms with Crippen molar-refractivity contribution >= 4 is 35.4 Å². The quantitative estimate of drug-likeness (QED) is 0.155. The lowest BCUT2D eigenvalue weighted by atomic mass is 9.53. The van der Waals surface area contributed by atoms with E-state index in [9.17, 15) is 10.1 Å². The number of aldehydes is 1. The van der Waals surface area contributed by atoms with Gasteiger partial charge in [0.2, 0.25) is 0 Å². The first-order valence-electron chi connectivity index (χ1n) is 16.5. The number of nitrogen functional groups attached to an aromatic ring is 1. The van der Waals surface area contributed by atoms with Gasteiger partial charge in [-0.25, -0.2) is 9.97 Å². The number of allylic oxidation sites excluding steroid dienone is 1. The summed E-state index contributed by atoms with van der Waals surface area (Å²) in [4.78, 5) is 19.8. The second kappa shape index (κ2) is 18.0. The largest absolute Gasteiger partial charge is 0.397 e. The first-order chi connectivity index (χ1) is 21.9. The molecule has 4 aliphatic rings. The molecule has 9 nitrogen and oxygen atoms in total. The summed E-state index contributed by atoms with van der Waals surface area (Å²) in [6.07, 6.45) is 13.2. The highest BCUT2D eigenvalue weighted by molar-refractivity contribution is 5.75. The van der Waals surface area contributed by atoms with Gasteiger partial charge in [-0.1, -0.05) is 53.7 Å². The van der Waals surface area contributed by atoms with E-state index < -0.39 is 0 Å². The van der Waals surface area contributed by atoms with Crippen LogP contribution >= 0.6 is 0 Å². The molecule has 9 heteroatoms. The lowest BCUT2D eigenvalue weighted by Gasteiger charge is -2.57. The summed E-state index contributed by atoms with van der Waals surface area (Å²) in [7, 11) is 3.42. The topological polar surface area (TPSA) is 148 Å². The Morgan fingerprint density at radius 2 is 1.53 bits per heavy atom. The molecule has 1 aromatic carbocycles. The highest BCUT2D eigenvalue weighted by atomic mass is 16.1. The first kappa shape index (κ1) is 37.0. The molecule has 7 rings (SSSR count). The van der Waals surface area contributed by atoms with Gasteiger partial charge in [-0.3, -0.25) is 4.79 Å². The Balaban J connectivity index is 0.000000819. The number of hydrogen-bond acceptors (Lipinski definition) is 8. The summed E-state index contributed by atoms with van der Waals surface area (Å²) >= 11 is 0. The maximum atomic E-state index is 10.6. The van der Waals surface area contributed by atoms with E-state index in [0.717, 1.165) is 60.2 Å². The van der Waals surface area contributed by atoms with E-state index in [-0.39, 0.29) is 5.54 Å². The van der Waals surface area contributed by atoms with Crippen LogP contribution in [0.25, 0.3) is 17.3 Å². The number of aromatic nitrogens is 3. The Bertz CT molecular complexity index is 1380. The standard InChI is InChI=1S/C29H31N7O.3C2H6.CH5N/c1-36-25(17-32-27(36)3-2-8-37)21-4-6-22(7-5-21)33-26-12-24(31)23(16-30)28(34-26)35-29-13-18-9-19(14-29)11-20(10-18)15-29;4*1-2/h2-8,12,17-20H,9-11,13-15H2,1H3,(H4,31,33,34,35);3*1-2H3;2H2,1H3/b3-2+;;;;. The molecule has 4 saturated carbocycles. The van der Waals surface area contributed by atoms with Gasteiger partial charge in [0.05, 0.1) is 17.6 Å². The monoisotopic (exact) mass is 614 g/mol. The van der Waals surface area contributed by atoms with Gasteiger partial charge in [0.1, 0.15) is 35.4 Å². The fraction of sp³-hybridized carbons (Fsp3) is 0.500. The van der Waals surface area contributed by atoms with Crippen LogP contribution in [-0.2, 0) is 11.8 Å². The first-order valence-corrected chi connectivity index (χ1v) is 16.5. The molecule has 6 N–H and O–H groups in total. The number of nitrogens with zero attached hydrogens (tertiary/aromatic N) is 4. The van der Waals surface area contributed by atoms with E-state index in [1.54, 1.807) is 18.3 Å². The highest BCUT2D eigenvalue weighted by Crippen LogP contribution is 2.56. The Hall–Kier alpha value is -4.16. The summed E-state index contributed by atoms with van der Waals surface area (Å²) in [6, 6.07) is 12.0. The zero-order chi connectivity index (χ0) is 33.6. The molecule has 0 amide bonds. The Labute approximate surface area is 270 Å². The Morgan fingerprint density at radius 3 is 2.04 bits per heavy atom. The Kier molecular flexibility index (Phi) is 14.8. The zero-order valence-corrected chi connectivity index (χ0v) is 28.5. The fourth-order valence-corrected chi connectivity index (χ4v) is 7.20. The minimum Gasteiger partial charge on any atom is -0.397 e. The number of rotatable bonds is 7. The summed E-state index contributed by atoms with van der Waals surface area (Å²) in [5.41, 5.74) is 14.5. The number of nitrogens with one attached hydrogen (secondary N) is 2. The summed E-state index contributed by atoms with van der Waals surface area (Å²) in [5, 5.41) is 16.9. The molecule has 0 radical (unpaired) electrons. The van der Waals surface area contributed by atoms with Crippen molar-refractivity contribution < 1.29 is 4.79 Å². The van der Waals surface area contributed by atoms with Crippen LogP contribution in [0.5, 0.6) is 0 Å². The van der Waals surface area contributed by atoms with Crippen molar-refractivity contribution in [2.75, 3.05) is 23.4 Å². The van der Waals surface area contributed by atoms with Crippen LogP contribution in [-0.4, -0.2) is 33.4 Å². The molecule has 0 saturated heterocycles. The van der Waals surface area contributed by atoms with Crippen molar-refractivity contribution in [3.8, 4) is 17.3 Å². The van der Waals surface area contributed by atoms with Crippen molar-refractivity contribution in [1.82, 2.24) is 14.5 Å². The number of hydrogen-bond donors (Lipinski definition) is 4. The summed E-state index contributed by atoms with van der Waals surface area (Å²) in [5.74, 6) is 4.28. The van der Waals surface area contributed by atoms with Gasteiger partial charge in [-0.05, 0) is 93.2 Å². The number of nitriles is 1. The molecule has 0 aliphatic heterocycles. The van der Waals surface area contributed by atoms with Crippen molar-refractivity contribution in [2.24, 2.45) is 30.5 Å². The number of carbonyl (C=O) groups is 1. The maximum Gasteiger partial charge on any atom is 0.148 e. The summed E-state index contributed by atoms with van der Waals surface area (Å²) in [6.45, 7) is 12.0. The molecular formula is C36H54N8O. The van der Waals surface area contributed by atoms with Gasteiger partial charge < -0.3 is 26.7 Å². The second-order valence-electron chi connectivity index (χ2n) is 11.0. The van der Waals surface area contributed by atoms with Crippen LogP contribution in [0.4, 0.5) is 23.0 Å². The number of carbonyl (C=O) groups excluding carboxylic acids is 1. The molecule has 4 aliphatic carbocycles. The zero-order valence-electron chi connectivity index (χ0n) is 28.5. The van der Waals surface area contributed by atoms with Crippen molar-refractivity contribution in [3.05, 3.63) is 54.0 Å². The van der Waals surface area contributed by atoms with Crippen LogP contribution in [0.1, 0.15) is 91.5 Å². The van der Waals surface area contributed by atoms with Crippen LogP contribution in [0.15, 0.2) is 42.6 Å². The van der Waals surface area contributed by atoms with Gasteiger partial charge >= 0.3 is 0 Å². The average molecular weight is 615 g/mol. The molecule has 45 heavy (non-hydrogen) atoms. The van der Waals surface area contributed by atoms with E-state index in [1.165, 1.54) is 32.4 Å². The third-order valence-corrected chi connectivity index (χ3v) is 8.38. The molecule has 244 valence electrons. The van der Waals surface area contributed by atoms with Gasteiger partial charge in [0.25, 0.3) is 0 Å². The number of nitrogens with two attached hydrogens (primary N) is 2. The van der Waals surface area contributed by atoms with Crippen LogP contribution < -0.4 is 22.1 Å². The van der Waals surface area contributed by atoms with Gasteiger partial charge in [-0.2, -0.15) is 5.26 Å². The van der Waals surface area contributed by atoms with Gasteiger partial charge in [-0.15, -0.1) is 0 Å². The number of imidazole rings is 1. The van der Waals surface area contributed by atoms with E-state index in [1.807, 2.05) is 77.4 Å². The number of benzene rings is 1. The van der Waals surface area contributed by atoms with E-state index in [2.05, 4.69) is 27.4 Å². The minimum absolute atomic E-state index is 0.0307. The molecule has 2 aromatic heterocycles. The van der Waals surface area contributed by atoms with Crippen LogP contribution in [0.3, 0.4) is 0 Å². The van der Waals surface area contributed by atoms with Crippen molar-refractivity contribution in [2.45, 2.75) is 85.6 Å². The van der Waals surface area contributed by atoms with E-state index >= 15 is 0 Å². The molecule has 4 bridgehead atoms. The molecule has 0 atom stereocenters. The van der Waals surface area contributed by atoms with Gasteiger partial charge in [0.15, 0.2) is 0 Å². The SMILES string of the molecule is CC.CC.CC.CN.Cn1c(-c2ccc(Nc3cc(N)c(C#N)c(NC45CC6CC(CC(C6)C4)C5)n3)cc2)cnc1/C=C/C=O. The van der Waals surface area contributed by atoms with Crippen molar-refractivity contribution in [1.29, 1.82) is 5.26 Å². The predicted molar refractivity (Wildman–Crippen MR) is 189 cm³/mol. The highest BCUT2D eigenvalue weighted by Gasteiger charge is 2.51. The number of anilines is 4. The van der Waals surface area contributed by atoms with E-state index in [0.29, 0.717) is 28.7 Å². The van der Waals surface area contributed by atoms with Crippen LogP contribution in [0.2, 0.25) is 0 Å². The third kappa shape index (κ3) is 8.73. The smallest absolute Gasteiger partial charge is 0.148 e. The average Bonchev–Trinajstić information content (AvgIpc) is 3.43. The van der Waals surface area contributed by atoms with Crippen LogP contribution in [0, 0.1) is 29.1 Å². The lowest BCUT2D eigenvalue weighted by molar-refractivity contribution is -0.104. The Morgan fingerprint density at radius 1 is 0.978 bits per heavy atom. The minimum atomic E-state index is 0.0307. The lowest BCUT2D eigenvalue weighted by Crippen LogP contribution is -2.55. The van der Waals surface area contributed by atoms with Gasteiger partial charge in [0, 0.05) is 24.3 Å². The molecule has 4 fully saturated rings. The molecular weight excluding hydrogens is 560 g/mol. The third-order valence-electron chi connectivity index (χ3n) is 8.38. The number of pyridine rings is 1. The fourth-order valence-electron chi connectivity index (χ4n) is 7.20. The van der Waals surface area contributed by atoms with Crippen molar-refractivity contribution in [3.63, 3.8) is 0 Å². The summed E-state index contributed by atoms with van der Waals surface area (Å²) < 4.78 is 1.94. The second-order valence-corrected chi connectivity index (χ2v) is 11.0. The maximum absolute atomic E-state index is 10.6. The molecule has 3 aromatic rings. The molecule has 0 spiro atoms. The normalized spacial score (nSPS) is 21.7. The molecule has 0 unspecified atom stereocenters. The predicted octanol–water partition coefficient (Wildman–Crippen LogP) is 7.93. The van der Waals surface area contributed by atoms with E-state index in [4.69, 9.17) is 10.7 Å².